The number of hydrogen-bond donors (Lipinski definition) is 0. The lowest BCUT2D eigenvalue weighted by molar-refractivity contribution is 0.323. The van der Waals surface area contributed by atoms with Gasteiger partial charge in [0.05, 0.1) is 6.07 Å². The molecule has 2 rings (SSSR count). The van der Waals surface area contributed by atoms with Crippen molar-refractivity contribution >= 4 is 11.8 Å². The molecule has 3 heteroatoms. The van der Waals surface area contributed by atoms with Gasteiger partial charge in [0.1, 0.15) is 0 Å². The van der Waals surface area contributed by atoms with E-state index in [1.165, 1.54) is 34.6 Å². The van der Waals surface area contributed by atoms with Gasteiger partial charge >= 0.3 is 0 Å². The molecule has 18 heavy (non-hydrogen) atoms. The lowest BCUT2D eigenvalue weighted by atomic mass is 10.1. The molecule has 1 heterocycles. The predicted octanol–water partition coefficient (Wildman–Crippen LogP) is 3.46. The molecule has 0 fully saturated rings. The number of fused-ring (bicyclic) bond motifs is 1. The fraction of sp³-hybridized carbons (Fsp3) is 0.533. The molecule has 2 nitrogen and oxygen atoms in total. The van der Waals surface area contributed by atoms with Crippen LogP contribution >= 0.6 is 11.8 Å². The van der Waals surface area contributed by atoms with Crippen LogP contribution in [-0.4, -0.2) is 24.2 Å². The Kier molecular flexibility index (Phi) is 5.10. The first-order valence-corrected chi connectivity index (χ1v) is 7.58. The molecule has 0 saturated heterocycles. The molecule has 0 bridgehead atoms. The maximum absolute atomic E-state index is 8.53. The van der Waals surface area contributed by atoms with Crippen molar-refractivity contribution in [2.24, 2.45) is 0 Å². The lowest BCUT2D eigenvalue weighted by Crippen LogP contribution is -2.19. The number of hydrogen-bond acceptors (Lipinski definition) is 3. The van der Waals surface area contributed by atoms with E-state index in [4.69, 9.17) is 5.26 Å². The maximum Gasteiger partial charge on any atom is 0.0622 e. The highest BCUT2D eigenvalue weighted by Crippen LogP contribution is 2.30. The Hall–Kier alpha value is -0.980. The van der Waals surface area contributed by atoms with Crippen molar-refractivity contribution in [2.75, 3.05) is 19.3 Å². The number of rotatable bonds is 5. The van der Waals surface area contributed by atoms with Gasteiger partial charge in [0.15, 0.2) is 0 Å². The van der Waals surface area contributed by atoms with E-state index in [-0.39, 0.29) is 0 Å². The van der Waals surface area contributed by atoms with Crippen LogP contribution in [0, 0.1) is 11.3 Å². The minimum absolute atomic E-state index is 0.658. The summed E-state index contributed by atoms with van der Waals surface area (Å²) in [5, 5.41) is 8.53. The Morgan fingerprint density at radius 1 is 1.44 bits per heavy atom. The van der Waals surface area contributed by atoms with Crippen molar-refractivity contribution in [3.8, 4) is 6.07 Å². The molecule has 0 unspecified atom stereocenters. The van der Waals surface area contributed by atoms with Crippen LogP contribution < -0.4 is 0 Å². The zero-order valence-corrected chi connectivity index (χ0v) is 11.8. The third-order valence-corrected chi connectivity index (χ3v) is 4.46. The van der Waals surface area contributed by atoms with Crippen molar-refractivity contribution in [1.29, 1.82) is 5.26 Å². The van der Waals surface area contributed by atoms with Crippen LogP contribution in [0.15, 0.2) is 23.1 Å². The second-order valence-electron chi connectivity index (χ2n) is 4.89. The van der Waals surface area contributed by atoms with Crippen LogP contribution in [0.3, 0.4) is 0 Å². The molecule has 0 aliphatic carbocycles. The molecule has 0 atom stereocenters. The van der Waals surface area contributed by atoms with Crippen LogP contribution in [0.5, 0.6) is 0 Å². The molecule has 0 aromatic heterocycles. The first-order valence-electron chi connectivity index (χ1n) is 6.59. The summed E-state index contributed by atoms with van der Waals surface area (Å²) in [5.74, 6) is 1.26. The molecular formula is C15H20N2S. The largest absolute Gasteiger partial charge is 0.302 e. The van der Waals surface area contributed by atoms with Gasteiger partial charge in [0.2, 0.25) is 0 Å². The van der Waals surface area contributed by atoms with E-state index in [1.807, 2.05) is 11.8 Å². The van der Waals surface area contributed by atoms with E-state index in [0.717, 1.165) is 19.5 Å². The van der Waals surface area contributed by atoms with Gasteiger partial charge < -0.3 is 4.90 Å². The second-order valence-corrected chi connectivity index (χ2v) is 6.03. The summed E-state index contributed by atoms with van der Waals surface area (Å²) >= 11 is 1.98. The molecular weight excluding hydrogens is 240 g/mol. The van der Waals surface area contributed by atoms with Gasteiger partial charge in [0, 0.05) is 17.9 Å². The standard InChI is InChI=1S/C15H20N2S/c1-17(9-3-2-8-16)12-13-6-7-15-14(11-13)5-4-10-18-15/h6-7,11H,2-5,9-10,12H2,1H3. The van der Waals surface area contributed by atoms with Gasteiger partial charge in [-0.2, -0.15) is 5.26 Å². The topological polar surface area (TPSA) is 27.0 Å². The van der Waals surface area contributed by atoms with Crippen LogP contribution in [0.2, 0.25) is 0 Å². The fourth-order valence-electron chi connectivity index (χ4n) is 2.33. The molecule has 0 saturated carbocycles. The van der Waals surface area contributed by atoms with Crippen molar-refractivity contribution in [3.05, 3.63) is 29.3 Å². The average Bonchev–Trinajstić information content (AvgIpc) is 2.39. The molecule has 1 aliphatic heterocycles. The van der Waals surface area contributed by atoms with Crippen molar-refractivity contribution in [3.63, 3.8) is 0 Å². The quantitative estimate of drug-likeness (QED) is 0.759. The normalized spacial score (nSPS) is 14.3. The number of unbranched alkanes of at least 4 members (excludes halogenated alkanes) is 1. The Morgan fingerprint density at radius 2 is 2.33 bits per heavy atom. The van der Waals surface area contributed by atoms with E-state index in [9.17, 15) is 0 Å². The van der Waals surface area contributed by atoms with Crippen molar-refractivity contribution < 1.29 is 0 Å². The summed E-state index contributed by atoms with van der Waals surface area (Å²) in [4.78, 5) is 3.77. The molecule has 1 aliphatic rings. The van der Waals surface area contributed by atoms with Crippen LogP contribution in [0.4, 0.5) is 0 Å². The molecule has 0 amide bonds. The molecule has 0 radical (unpaired) electrons. The SMILES string of the molecule is CN(CCCC#N)Cc1ccc2c(c1)CCCS2. The summed E-state index contributed by atoms with van der Waals surface area (Å²) in [6.45, 7) is 1.99. The molecule has 1 aromatic rings. The Morgan fingerprint density at radius 3 is 3.17 bits per heavy atom. The highest BCUT2D eigenvalue weighted by atomic mass is 32.2. The maximum atomic E-state index is 8.53. The number of nitrogens with zero attached hydrogens (tertiary/aromatic N) is 2. The summed E-state index contributed by atoms with van der Waals surface area (Å²) in [6.07, 6.45) is 4.16. The highest BCUT2D eigenvalue weighted by molar-refractivity contribution is 7.99. The third kappa shape index (κ3) is 3.76. The molecule has 0 N–H and O–H groups in total. The van der Waals surface area contributed by atoms with E-state index < -0.39 is 0 Å². The highest BCUT2D eigenvalue weighted by Gasteiger charge is 2.10. The van der Waals surface area contributed by atoms with Gasteiger partial charge in [-0.3, -0.25) is 0 Å². The van der Waals surface area contributed by atoms with Gasteiger partial charge in [0.25, 0.3) is 0 Å². The lowest BCUT2D eigenvalue weighted by Gasteiger charge is -2.19. The minimum atomic E-state index is 0.658. The Balaban J connectivity index is 1.91. The first-order chi connectivity index (χ1) is 8.79. The van der Waals surface area contributed by atoms with E-state index in [2.05, 4.69) is 36.2 Å². The summed E-state index contributed by atoms with van der Waals surface area (Å²) in [7, 11) is 2.13. The Bertz CT molecular complexity index is 437. The number of aryl methyl sites for hydroxylation is 1. The number of thioether (sulfide) groups is 1. The Labute approximate surface area is 114 Å². The van der Waals surface area contributed by atoms with Crippen LogP contribution in [-0.2, 0) is 13.0 Å². The van der Waals surface area contributed by atoms with E-state index >= 15 is 0 Å². The monoisotopic (exact) mass is 260 g/mol. The fourth-order valence-corrected chi connectivity index (χ4v) is 3.35. The zero-order chi connectivity index (χ0) is 12.8. The zero-order valence-electron chi connectivity index (χ0n) is 11.0. The average molecular weight is 260 g/mol. The van der Waals surface area contributed by atoms with E-state index in [1.54, 1.807) is 0 Å². The minimum Gasteiger partial charge on any atom is -0.302 e. The molecule has 1 aromatic carbocycles. The molecule has 0 spiro atoms. The van der Waals surface area contributed by atoms with Gasteiger partial charge in [-0.25, -0.2) is 0 Å². The van der Waals surface area contributed by atoms with Gasteiger partial charge in [-0.05, 0) is 55.8 Å². The van der Waals surface area contributed by atoms with Crippen molar-refractivity contribution in [2.45, 2.75) is 37.1 Å². The second kappa shape index (κ2) is 6.82. The van der Waals surface area contributed by atoms with Gasteiger partial charge in [-0.15, -0.1) is 11.8 Å². The number of benzene rings is 1. The summed E-state index contributed by atoms with van der Waals surface area (Å²) in [5.41, 5.74) is 2.92. The summed E-state index contributed by atoms with van der Waals surface area (Å²) < 4.78 is 0. The third-order valence-electron chi connectivity index (χ3n) is 3.25. The smallest absolute Gasteiger partial charge is 0.0622 e. The number of nitriles is 1. The van der Waals surface area contributed by atoms with Crippen LogP contribution in [0.25, 0.3) is 0 Å². The predicted molar refractivity (Wildman–Crippen MR) is 76.7 cm³/mol. The first kappa shape index (κ1) is 13.5. The van der Waals surface area contributed by atoms with Crippen molar-refractivity contribution in [1.82, 2.24) is 4.90 Å². The van der Waals surface area contributed by atoms with Crippen LogP contribution in [0.1, 0.15) is 30.4 Å². The summed E-state index contributed by atoms with van der Waals surface area (Å²) in [6, 6.07) is 9.09. The molecule has 96 valence electrons. The van der Waals surface area contributed by atoms with Gasteiger partial charge in [-0.1, -0.05) is 12.1 Å². The van der Waals surface area contributed by atoms with E-state index in [0.29, 0.717) is 6.42 Å².